The van der Waals surface area contributed by atoms with Gasteiger partial charge in [0.2, 0.25) is 0 Å². The van der Waals surface area contributed by atoms with Gasteiger partial charge in [0.15, 0.2) is 5.82 Å². The van der Waals surface area contributed by atoms with E-state index in [9.17, 15) is 5.11 Å². The maximum absolute atomic E-state index is 10.1. The SMILES string of the molecule is CCC(N)CNc1nc(-c2cc(Cl)ccc2O)nc2ccccc12.Cl.Cl. The van der Waals surface area contributed by atoms with Gasteiger partial charge in [0.05, 0.1) is 11.1 Å². The molecule has 0 fully saturated rings. The maximum atomic E-state index is 10.1. The number of nitrogens with zero attached hydrogens (tertiary/aromatic N) is 2. The summed E-state index contributed by atoms with van der Waals surface area (Å²) in [4.78, 5) is 9.14. The van der Waals surface area contributed by atoms with Gasteiger partial charge < -0.3 is 16.2 Å². The molecule has 2 aromatic carbocycles. The fourth-order valence-corrected chi connectivity index (χ4v) is 2.56. The number of benzene rings is 2. The van der Waals surface area contributed by atoms with Gasteiger partial charge in [-0.1, -0.05) is 30.7 Å². The number of para-hydroxylation sites is 1. The van der Waals surface area contributed by atoms with Gasteiger partial charge in [-0.15, -0.1) is 24.8 Å². The van der Waals surface area contributed by atoms with E-state index in [0.29, 0.717) is 28.8 Å². The van der Waals surface area contributed by atoms with Gasteiger partial charge >= 0.3 is 0 Å². The quantitative estimate of drug-likeness (QED) is 0.565. The zero-order valence-electron chi connectivity index (χ0n) is 14.1. The Bertz CT molecular complexity index is 876. The van der Waals surface area contributed by atoms with Crippen molar-refractivity contribution < 1.29 is 5.11 Å². The number of hydrogen-bond donors (Lipinski definition) is 3. The van der Waals surface area contributed by atoms with Crippen LogP contribution >= 0.6 is 36.4 Å². The molecule has 0 bridgehead atoms. The third kappa shape index (κ3) is 4.89. The van der Waals surface area contributed by atoms with Gasteiger partial charge in [-0.05, 0) is 36.8 Å². The van der Waals surface area contributed by atoms with Crippen LogP contribution in [0.15, 0.2) is 42.5 Å². The van der Waals surface area contributed by atoms with Crippen LogP contribution in [0.3, 0.4) is 0 Å². The molecule has 8 heteroatoms. The van der Waals surface area contributed by atoms with Crippen LogP contribution in [0.5, 0.6) is 5.75 Å². The number of phenolic OH excluding ortho intramolecular Hbond substituents is 1. The van der Waals surface area contributed by atoms with Crippen molar-refractivity contribution in [2.24, 2.45) is 5.73 Å². The smallest absolute Gasteiger partial charge is 0.165 e. The van der Waals surface area contributed by atoms with E-state index in [1.54, 1.807) is 12.1 Å². The molecule has 1 aromatic heterocycles. The Balaban J connectivity index is 0.00000169. The van der Waals surface area contributed by atoms with Crippen LogP contribution in [0.25, 0.3) is 22.3 Å². The highest BCUT2D eigenvalue weighted by Crippen LogP contribution is 2.32. The molecular formula is C18H21Cl3N4O. The number of nitrogens with two attached hydrogens (primary N) is 1. The van der Waals surface area contributed by atoms with Crippen LogP contribution in [-0.4, -0.2) is 27.7 Å². The topological polar surface area (TPSA) is 84.1 Å². The van der Waals surface area contributed by atoms with Crippen LogP contribution in [-0.2, 0) is 0 Å². The number of aromatic nitrogens is 2. The van der Waals surface area contributed by atoms with E-state index in [4.69, 9.17) is 17.3 Å². The van der Waals surface area contributed by atoms with Crippen LogP contribution in [0.1, 0.15) is 13.3 Å². The van der Waals surface area contributed by atoms with E-state index < -0.39 is 0 Å². The predicted molar refractivity (Wildman–Crippen MR) is 113 cm³/mol. The Labute approximate surface area is 169 Å². The van der Waals surface area contributed by atoms with Gasteiger partial charge in [0.25, 0.3) is 0 Å². The van der Waals surface area contributed by atoms with Crippen molar-refractivity contribution in [2.45, 2.75) is 19.4 Å². The minimum Gasteiger partial charge on any atom is -0.507 e. The van der Waals surface area contributed by atoms with Gasteiger partial charge in [-0.2, -0.15) is 0 Å². The van der Waals surface area contributed by atoms with Crippen LogP contribution in [0.4, 0.5) is 5.82 Å². The second kappa shape index (κ2) is 9.78. The Morgan fingerprint density at radius 3 is 2.62 bits per heavy atom. The summed E-state index contributed by atoms with van der Waals surface area (Å²) in [6, 6.07) is 12.6. The molecule has 0 saturated carbocycles. The van der Waals surface area contributed by atoms with E-state index >= 15 is 0 Å². The summed E-state index contributed by atoms with van der Waals surface area (Å²) in [7, 11) is 0. The first-order chi connectivity index (χ1) is 11.6. The van der Waals surface area contributed by atoms with Crippen LogP contribution in [0, 0.1) is 0 Å². The molecule has 0 aliphatic carbocycles. The summed E-state index contributed by atoms with van der Waals surface area (Å²) in [6.45, 7) is 2.65. The number of fused-ring (bicyclic) bond motifs is 1. The number of halogens is 3. The Morgan fingerprint density at radius 1 is 1.15 bits per heavy atom. The number of phenols is 1. The van der Waals surface area contributed by atoms with Crippen molar-refractivity contribution in [3.63, 3.8) is 0 Å². The molecule has 3 rings (SSSR count). The zero-order chi connectivity index (χ0) is 17.1. The lowest BCUT2D eigenvalue weighted by molar-refractivity contribution is 0.477. The van der Waals surface area contributed by atoms with Gasteiger partial charge in [0, 0.05) is 23.0 Å². The standard InChI is InChI=1S/C18H19ClN4O.2ClH/c1-2-12(20)10-21-17-13-5-3-4-6-15(13)22-18(23-17)14-9-11(19)7-8-16(14)24;;/h3-9,12,24H,2,10,20H2,1H3,(H,21,22,23);2*1H. The monoisotopic (exact) mass is 414 g/mol. The normalized spacial score (nSPS) is 11.3. The molecule has 5 nitrogen and oxygen atoms in total. The minimum absolute atomic E-state index is 0. The summed E-state index contributed by atoms with van der Waals surface area (Å²) in [6.07, 6.45) is 0.873. The highest BCUT2D eigenvalue weighted by molar-refractivity contribution is 6.30. The average Bonchev–Trinajstić information content (AvgIpc) is 2.61. The molecule has 1 atom stereocenters. The summed E-state index contributed by atoms with van der Waals surface area (Å²) in [5.74, 6) is 1.20. The third-order valence-electron chi connectivity index (χ3n) is 3.86. The van der Waals surface area contributed by atoms with E-state index in [0.717, 1.165) is 17.3 Å². The fraction of sp³-hybridized carbons (Fsp3) is 0.222. The van der Waals surface area contributed by atoms with Gasteiger partial charge in [-0.3, -0.25) is 0 Å². The summed E-state index contributed by atoms with van der Waals surface area (Å²) in [5.41, 5.74) is 7.28. The van der Waals surface area contributed by atoms with E-state index in [1.165, 1.54) is 6.07 Å². The average molecular weight is 416 g/mol. The first-order valence-corrected chi connectivity index (χ1v) is 8.21. The number of nitrogens with one attached hydrogen (secondary N) is 1. The molecule has 1 unspecified atom stereocenters. The first kappa shape index (κ1) is 22.3. The van der Waals surface area contributed by atoms with Crippen molar-refractivity contribution in [1.82, 2.24) is 9.97 Å². The summed E-state index contributed by atoms with van der Waals surface area (Å²) < 4.78 is 0. The van der Waals surface area contributed by atoms with Crippen molar-refractivity contribution in [2.75, 3.05) is 11.9 Å². The fourth-order valence-electron chi connectivity index (χ4n) is 2.39. The van der Waals surface area contributed by atoms with E-state index in [2.05, 4.69) is 15.3 Å². The molecule has 4 N–H and O–H groups in total. The molecule has 26 heavy (non-hydrogen) atoms. The number of anilines is 1. The largest absolute Gasteiger partial charge is 0.507 e. The molecule has 140 valence electrons. The number of aromatic hydroxyl groups is 1. The number of hydrogen-bond acceptors (Lipinski definition) is 5. The minimum atomic E-state index is 0. The first-order valence-electron chi connectivity index (χ1n) is 7.83. The molecule has 0 spiro atoms. The second-order valence-electron chi connectivity index (χ2n) is 5.62. The Hall–Kier alpha value is -1.79. The van der Waals surface area contributed by atoms with Crippen molar-refractivity contribution in [1.29, 1.82) is 0 Å². The van der Waals surface area contributed by atoms with Crippen molar-refractivity contribution in [3.8, 4) is 17.1 Å². The van der Waals surface area contributed by atoms with Crippen LogP contribution < -0.4 is 11.1 Å². The van der Waals surface area contributed by atoms with Gasteiger partial charge in [-0.25, -0.2) is 9.97 Å². The van der Waals surface area contributed by atoms with Crippen molar-refractivity contribution in [3.05, 3.63) is 47.5 Å². The maximum Gasteiger partial charge on any atom is 0.165 e. The molecule has 0 amide bonds. The molecule has 0 aliphatic rings. The summed E-state index contributed by atoms with van der Waals surface area (Å²) in [5, 5.41) is 14.8. The molecular weight excluding hydrogens is 395 g/mol. The van der Waals surface area contributed by atoms with Crippen molar-refractivity contribution >= 4 is 53.1 Å². The second-order valence-corrected chi connectivity index (χ2v) is 6.06. The Kier molecular flexibility index (Phi) is 8.37. The summed E-state index contributed by atoms with van der Waals surface area (Å²) >= 11 is 6.05. The molecule has 0 aliphatic heterocycles. The lowest BCUT2D eigenvalue weighted by Crippen LogP contribution is -2.28. The molecule has 0 saturated heterocycles. The van der Waals surface area contributed by atoms with Gasteiger partial charge in [0.1, 0.15) is 11.6 Å². The lowest BCUT2D eigenvalue weighted by Gasteiger charge is -2.14. The zero-order valence-corrected chi connectivity index (χ0v) is 16.5. The van der Waals surface area contributed by atoms with Crippen LogP contribution in [0.2, 0.25) is 5.02 Å². The highest BCUT2D eigenvalue weighted by atomic mass is 35.5. The predicted octanol–water partition coefficient (Wildman–Crippen LogP) is 4.65. The molecule has 1 heterocycles. The number of rotatable bonds is 5. The van der Waals surface area contributed by atoms with E-state index in [1.807, 2.05) is 31.2 Å². The molecule has 3 aromatic rings. The Morgan fingerprint density at radius 2 is 1.88 bits per heavy atom. The van der Waals surface area contributed by atoms with E-state index in [-0.39, 0.29) is 36.6 Å². The third-order valence-corrected chi connectivity index (χ3v) is 4.09. The molecule has 0 radical (unpaired) electrons. The highest BCUT2D eigenvalue weighted by Gasteiger charge is 2.13. The lowest BCUT2D eigenvalue weighted by atomic mass is 10.1.